The van der Waals surface area contributed by atoms with Crippen LogP contribution in [-0.4, -0.2) is 5.75 Å². The SMILES string of the molecule is CCC1C=CSC1. The van der Waals surface area contributed by atoms with Gasteiger partial charge >= 0.3 is 0 Å². The minimum atomic E-state index is 0.880. The zero-order valence-electron chi connectivity index (χ0n) is 4.55. The summed E-state index contributed by atoms with van der Waals surface area (Å²) in [5.41, 5.74) is 0. The van der Waals surface area contributed by atoms with Gasteiger partial charge in [0.25, 0.3) is 0 Å². The Morgan fingerprint density at radius 1 is 1.86 bits per heavy atom. The largest absolute Gasteiger partial charge is 0.134 e. The monoisotopic (exact) mass is 114 g/mol. The summed E-state index contributed by atoms with van der Waals surface area (Å²) in [6.45, 7) is 2.24. The summed E-state index contributed by atoms with van der Waals surface area (Å²) in [7, 11) is 0. The van der Waals surface area contributed by atoms with E-state index in [9.17, 15) is 0 Å². The summed E-state index contributed by atoms with van der Waals surface area (Å²) in [6, 6.07) is 0. The Morgan fingerprint density at radius 2 is 2.71 bits per heavy atom. The zero-order chi connectivity index (χ0) is 5.11. The molecule has 0 N–H and O–H groups in total. The van der Waals surface area contributed by atoms with Crippen LogP contribution in [0.15, 0.2) is 11.5 Å². The van der Waals surface area contributed by atoms with Crippen molar-refractivity contribution in [2.45, 2.75) is 13.3 Å². The molecule has 0 amide bonds. The summed E-state index contributed by atoms with van der Waals surface area (Å²) in [5, 5.41) is 2.20. The molecule has 0 aromatic carbocycles. The molecule has 0 saturated heterocycles. The molecule has 1 heteroatoms. The maximum atomic E-state index is 2.30. The van der Waals surface area contributed by atoms with Gasteiger partial charge < -0.3 is 0 Å². The van der Waals surface area contributed by atoms with Gasteiger partial charge in [0.05, 0.1) is 0 Å². The van der Waals surface area contributed by atoms with Gasteiger partial charge in [-0.05, 0) is 17.7 Å². The van der Waals surface area contributed by atoms with Crippen LogP contribution in [0.1, 0.15) is 13.3 Å². The van der Waals surface area contributed by atoms with E-state index >= 15 is 0 Å². The number of rotatable bonds is 1. The first kappa shape index (κ1) is 5.23. The fourth-order valence-electron chi connectivity index (χ4n) is 0.655. The van der Waals surface area contributed by atoms with Gasteiger partial charge in [-0.2, -0.15) is 0 Å². The smallest absolute Gasteiger partial charge is 0.00372 e. The summed E-state index contributed by atoms with van der Waals surface area (Å²) in [6.07, 6.45) is 3.61. The van der Waals surface area contributed by atoms with E-state index in [2.05, 4.69) is 18.4 Å². The molecule has 40 valence electrons. The molecule has 0 saturated carbocycles. The molecule has 0 aromatic rings. The summed E-state index contributed by atoms with van der Waals surface area (Å²) >= 11 is 1.93. The molecule has 0 bridgehead atoms. The topological polar surface area (TPSA) is 0 Å². The predicted molar refractivity (Wildman–Crippen MR) is 35.4 cm³/mol. The summed E-state index contributed by atoms with van der Waals surface area (Å²) < 4.78 is 0. The molecule has 1 atom stereocenters. The van der Waals surface area contributed by atoms with Gasteiger partial charge in [-0.15, -0.1) is 11.8 Å². The Balaban J connectivity index is 2.28. The van der Waals surface area contributed by atoms with Crippen LogP contribution >= 0.6 is 11.8 Å². The molecule has 1 aliphatic rings. The lowest BCUT2D eigenvalue weighted by Gasteiger charge is -1.96. The van der Waals surface area contributed by atoms with Gasteiger partial charge in [0.15, 0.2) is 0 Å². The highest BCUT2D eigenvalue weighted by Crippen LogP contribution is 2.21. The third-order valence-corrected chi connectivity index (χ3v) is 2.25. The summed E-state index contributed by atoms with van der Waals surface area (Å²) in [5.74, 6) is 2.20. The van der Waals surface area contributed by atoms with E-state index in [1.165, 1.54) is 12.2 Å². The summed E-state index contributed by atoms with van der Waals surface area (Å²) in [4.78, 5) is 0. The lowest BCUT2D eigenvalue weighted by molar-refractivity contribution is 0.718. The van der Waals surface area contributed by atoms with E-state index in [4.69, 9.17) is 0 Å². The Hall–Kier alpha value is 0.0900. The lowest BCUT2D eigenvalue weighted by atomic mass is 10.1. The molecule has 1 rings (SSSR count). The molecule has 7 heavy (non-hydrogen) atoms. The molecule has 0 aliphatic carbocycles. The quantitative estimate of drug-likeness (QED) is 0.504. The van der Waals surface area contributed by atoms with Gasteiger partial charge in [-0.1, -0.05) is 13.0 Å². The Bertz CT molecular complexity index is 76.2. The van der Waals surface area contributed by atoms with Gasteiger partial charge in [0, 0.05) is 5.75 Å². The normalized spacial score (nSPS) is 29.0. The average Bonchev–Trinajstić information content (AvgIpc) is 2.14. The molecule has 0 nitrogen and oxygen atoms in total. The third-order valence-electron chi connectivity index (χ3n) is 1.28. The molecule has 1 unspecified atom stereocenters. The first-order chi connectivity index (χ1) is 3.43. The fraction of sp³-hybridized carbons (Fsp3) is 0.667. The molecule has 1 aliphatic heterocycles. The van der Waals surface area contributed by atoms with Crippen LogP contribution in [0.3, 0.4) is 0 Å². The van der Waals surface area contributed by atoms with E-state index in [1.807, 2.05) is 11.8 Å². The van der Waals surface area contributed by atoms with Crippen LogP contribution in [0.2, 0.25) is 0 Å². The van der Waals surface area contributed by atoms with Crippen LogP contribution in [0, 0.1) is 5.92 Å². The van der Waals surface area contributed by atoms with Crippen molar-refractivity contribution in [3.8, 4) is 0 Å². The highest BCUT2D eigenvalue weighted by Gasteiger charge is 2.04. The van der Waals surface area contributed by atoms with Crippen LogP contribution in [0.5, 0.6) is 0 Å². The first-order valence-electron chi connectivity index (χ1n) is 2.71. The molecule has 1 heterocycles. The van der Waals surface area contributed by atoms with E-state index in [0.717, 1.165) is 5.92 Å². The van der Waals surface area contributed by atoms with Crippen LogP contribution in [0.25, 0.3) is 0 Å². The van der Waals surface area contributed by atoms with Crippen LogP contribution in [0.4, 0.5) is 0 Å². The van der Waals surface area contributed by atoms with Crippen molar-refractivity contribution in [1.82, 2.24) is 0 Å². The van der Waals surface area contributed by atoms with Crippen molar-refractivity contribution < 1.29 is 0 Å². The molecule has 0 fully saturated rings. The number of hydrogen-bond acceptors (Lipinski definition) is 1. The van der Waals surface area contributed by atoms with Crippen LogP contribution < -0.4 is 0 Å². The van der Waals surface area contributed by atoms with Gasteiger partial charge in [-0.25, -0.2) is 0 Å². The van der Waals surface area contributed by atoms with Gasteiger partial charge in [0.1, 0.15) is 0 Å². The minimum absolute atomic E-state index is 0.880. The zero-order valence-corrected chi connectivity index (χ0v) is 5.37. The average molecular weight is 114 g/mol. The van der Waals surface area contributed by atoms with Gasteiger partial charge in [0.2, 0.25) is 0 Å². The lowest BCUT2D eigenvalue weighted by Crippen LogP contribution is -1.90. The van der Waals surface area contributed by atoms with Crippen molar-refractivity contribution in [2.75, 3.05) is 5.75 Å². The van der Waals surface area contributed by atoms with E-state index < -0.39 is 0 Å². The van der Waals surface area contributed by atoms with Crippen molar-refractivity contribution in [3.05, 3.63) is 11.5 Å². The van der Waals surface area contributed by atoms with Crippen molar-refractivity contribution >= 4 is 11.8 Å². The van der Waals surface area contributed by atoms with E-state index in [1.54, 1.807) is 0 Å². The molecular weight excluding hydrogens is 104 g/mol. The maximum Gasteiger partial charge on any atom is 0.00372 e. The predicted octanol–water partition coefficient (Wildman–Crippen LogP) is 2.27. The standard InChI is InChI=1S/C6H10S/c1-2-6-3-4-7-5-6/h3-4,6H,2,5H2,1H3. The van der Waals surface area contributed by atoms with E-state index in [-0.39, 0.29) is 0 Å². The molecule has 0 radical (unpaired) electrons. The van der Waals surface area contributed by atoms with Crippen molar-refractivity contribution in [2.24, 2.45) is 5.92 Å². The highest BCUT2D eigenvalue weighted by atomic mass is 32.2. The first-order valence-corrected chi connectivity index (χ1v) is 3.76. The van der Waals surface area contributed by atoms with Gasteiger partial charge in [-0.3, -0.25) is 0 Å². The minimum Gasteiger partial charge on any atom is -0.134 e. The maximum absolute atomic E-state index is 2.30. The second kappa shape index (κ2) is 2.41. The highest BCUT2D eigenvalue weighted by molar-refractivity contribution is 8.02. The molecule has 0 aromatic heterocycles. The fourth-order valence-corrected chi connectivity index (χ4v) is 1.69. The molecule has 0 spiro atoms. The number of allylic oxidation sites excluding steroid dienone is 1. The number of hydrogen-bond donors (Lipinski definition) is 0. The second-order valence-corrected chi connectivity index (χ2v) is 2.77. The van der Waals surface area contributed by atoms with Crippen molar-refractivity contribution in [1.29, 1.82) is 0 Å². The third kappa shape index (κ3) is 1.23. The number of thioether (sulfide) groups is 1. The second-order valence-electron chi connectivity index (χ2n) is 1.83. The van der Waals surface area contributed by atoms with Crippen LogP contribution in [-0.2, 0) is 0 Å². The Labute approximate surface area is 49.0 Å². The van der Waals surface area contributed by atoms with Crippen molar-refractivity contribution in [3.63, 3.8) is 0 Å². The Kier molecular flexibility index (Phi) is 1.80. The van der Waals surface area contributed by atoms with E-state index in [0.29, 0.717) is 0 Å². The molecular formula is C6H10S. The Morgan fingerprint density at radius 3 is 3.00 bits per heavy atom.